The van der Waals surface area contributed by atoms with Crippen molar-refractivity contribution >= 4 is 0 Å². The van der Waals surface area contributed by atoms with Gasteiger partial charge in [-0.2, -0.15) is 0 Å². The van der Waals surface area contributed by atoms with E-state index in [2.05, 4.69) is 44.7 Å². The molecule has 0 spiro atoms. The van der Waals surface area contributed by atoms with E-state index in [1.165, 1.54) is 24.8 Å². The van der Waals surface area contributed by atoms with E-state index in [-0.39, 0.29) is 0 Å². The van der Waals surface area contributed by atoms with E-state index < -0.39 is 0 Å². The minimum absolute atomic E-state index is 0.753. The summed E-state index contributed by atoms with van der Waals surface area (Å²) in [6.45, 7) is 10.3. The van der Waals surface area contributed by atoms with Crippen LogP contribution >= 0.6 is 0 Å². The van der Waals surface area contributed by atoms with Gasteiger partial charge in [-0.25, -0.2) is 0 Å². The summed E-state index contributed by atoms with van der Waals surface area (Å²) in [6.07, 6.45) is 12.6. The quantitative estimate of drug-likeness (QED) is 0.455. The van der Waals surface area contributed by atoms with Crippen molar-refractivity contribution in [2.24, 2.45) is 5.92 Å². The molecular formula is C15H22. The van der Waals surface area contributed by atoms with Crippen LogP contribution in [-0.4, -0.2) is 0 Å². The van der Waals surface area contributed by atoms with E-state index in [0.29, 0.717) is 0 Å². The van der Waals surface area contributed by atoms with Crippen LogP contribution in [0.25, 0.3) is 0 Å². The summed E-state index contributed by atoms with van der Waals surface area (Å²) >= 11 is 0. The van der Waals surface area contributed by atoms with Gasteiger partial charge in [0.25, 0.3) is 0 Å². The van der Waals surface area contributed by atoms with Crippen LogP contribution in [0.2, 0.25) is 0 Å². The van der Waals surface area contributed by atoms with Crippen molar-refractivity contribution in [3.63, 3.8) is 0 Å². The molecule has 0 aromatic carbocycles. The maximum atomic E-state index is 3.85. The lowest BCUT2D eigenvalue weighted by molar-refractivity contribution is 0.539. The van der Waals surface area contributed by atoms with Crippen molar-refractivity contribution in [2.75, 3.05) is 0 Å². The molecule has 0 nitrogen and oxygen atoms in total. The fourth-order valence-corrected chi connectivity index (χ4v) is 1.88. The molecule has 1 atom stereocenters. The van der Waals surface area contributed by atoms with Crippen molar-refractivity contribution < 1.29 is 0 Å². The van der Waals surface area contributed by atoms with Crippen LogP contribution in [0.1, 0.15) is 40.0 Å². The molecule has 0 saturated carbocycles. The number of rotatable bonds is 3. The largest absolute Gasteiger partial charge is 0.0961 e. The van der Waals surface area contributed by atoms with Gasteiger partial charge in [0, 0.05) is 0 Å². The van der Waals surface area contributed by atoms with Crippen LogP contribution in [0.4, 0.5) is 0 Å². The summed E-state index contributed by atoms with van der Waals surface area (Å²) in [5.74, 6) is 0.753. The minimum atomic E-state index is 0.753. The molecule has 0 bridgehead atoms. The lowest BCUT2D eigenvalue weighted by Gasteiger charge is -2.20. The maximum absolute atomic E-state index is 3.85. The lowest BCUT2D eigenvalue weighted by atomic mass is 9.85. The van der Waals surface area contributed by atoms with E-state index in [1.54, 1.807) is 5.57 Å². The van der Waals surface area contributed by atoms with Gasteiger partial charge in [0.15, 0.2) is 0 Å². The van der Waals surface area contributed by atoms with Gasteiger partial charge in [-0.3, -0.25) is 0 Å². The first-order valence-electron chi connectivity index (χ1n) is 5.75. The number of hydrogen-bond donors (Lipinski definition) is 0. The summed E-state index contributed by atoms with van der Waals surface area (Å²) < 4.78 is 0. The Morgan fingerprint density at radius 3 is 2.73 bits per heavy atom. The number of allylic oxidation sites excluding steroid dienone is 7. The maximum Gasteiger partial charge on any atom is -0.0165 e. The summed E-state index contributed by atoms with van der Waals surface area (Å²) in [4.78, 5) is 0. The van der Waals surface area contributed by atoms with Gasteiger partial charge in [0.1, 0.15) is 0 Å². The average Bonchev–Trinajstić information content (AvgIpc) is 2.18. The fraction of sp³-hybridized carbons (Fsp3) is 0.467. The molecular weight excluding hydrogens is 180 g/mol. The highest BCUT2D eigenvalue weighted by Gasteiger charge is 2.13. The van der Waals surface area contributed by atoms with Gasteiger partial charge in [-0.15, -0.1) is 0 Å². The second-order valence-corrected chi connectivity index (χ2v) is 4.64. The second-order valence-electron chi connectivity index (χ2n) is 4.64. The molecule has 0 aliphatic heterocycles. The molecule has 0 heteroatoms. The molecule has 0 saturated heterocycles. The van der Waals surface area contributed by atoms with Gasteiger partial charge in [0.05, 0.1) is 0 Å². The van der Waals surface area contributed by atoms with Crippen LogP contribution in [0.5, 0.6) is 0 Å². The first-order valence-corrected chi connectivity index (χ1v) is 5.75. The third-order valence-corrected chi connectivity index (χ3v) is 3.02. The highest BCUT2D eigenvalue weighted by molar-refractivity contribution is 5.22. The summed E-state index contributed by atoms with van der Waals surface area (Å²) in [5, 5.41) is 0. The summed E-state index contributed by atoms with van der Waals surface area (Å²) in [5.41, 5.74) is 4.16. The van der Waals surface area contributed by atoms with Crippen LogP contribution < -0.4 is 0 Å². The van der Waals surface area contributed by atoms with Crippen LogP contribution in [-0.2, 0) is 0 Å². The Hall–Kier alpha value is -1.04. The summed E-state index contributed by atoms with van der Waals surface area (Å²) in [7, 11) is 0. The van der Waals surface area contributed by atoms with Crippen molar-refractivity contribution in [1.82, 2.24) is 0 Å². The Morgan fingerprint density at radius 2 is 2.20 bits per heavy atom. The average molecular weight is 202 g/mol. The van der Waals surface area contributed by atoms with E-state index in [1.807, 2.05) is 6.92 Å². The molecule has 0 amide bonds. The van der Waals surface area contributed by atoms with E-state index in [4.69, 9.17) is 0 Å². The molecule has 1 rings (SSSR count). The highest BCUT2D eigenvalue weighted by atomic mass is 14.2. The third kappa shape index (κ3) is 4.33. The molecule has 0 heterocycles. The molecule has 0 unspecified atom stereocenters. The minimum Gasteiger partial charge on any atom is -0.0961 e. The Kier molecular flexibility index (Phi) is 4.61. The molecule has 0 aromatic rings. The van der Waals surface area contributed by atoms with E-state index in [0.717, 1.165) is 11.5 Å². The Balaban J connectivity index is 2.54. The highest BCUT2D eigenvalue weighted by Crippen LogP contribution is 2.28. The molecule has 0 fully saturated rings. The third-order valence-electron chi connectivity index (χ3n) is 3.02. The first-order chi connectivity index (χ1) is 7.09. The molecule has 0 aromatic heterocycles. The van der Waals surface area contributed by atoms with Crippen molar-refractivity contribution in [1.29, 1.82) is 0 Å². The van der Waals surface area contributed by atoms with Gasteiger partial charge < -0.3 is 0 Å². The SMILES string of the molecule is C=C(C)/C=C/C=C(\C)[C@H]1CC=C(C)CC1. The van der Waals surface area contributed by atoms with Crippen molar-refractivity contribution in [3.8, 4) is 0 Å². The fourth-order valence-electron chi connectivity index (χ4n) is 1.88. The summed E-state index contributed by atoms with van der Waals surface area (Å²) in [6, 6.07) is 0. The van der Waals surface area contributed by atoms with Crippen molar-refractivity contribution in [2.45, 2.75) is 40.0 Å². The van der Waals surface area contributed by atoms with E-state index in [9.17, 15) is 0 Å². The Morgan fingerprint density at radius 1 is 1.47 bits per heavy atom. The Labute approximate surface area is 94.1 Å². The van der Waals surface area contributed by atoms with Gasteiger partial charge in [-0.1, -0.05) is 47.6 Å². The van der Waals surface area contributed by atoms with Gasteiger partial charge >= 0.3 is 0 Å². The zero-order valence-electron chi connectivity index (χ0n) is 10.2. The molecule has 1 aliphatic rings. The predicted octanol–water partition coefficient (Wildman–Crippen LogP) is 4.81. The molecule has 15 heavy (non-hydrogen) atoms. The molecule has 0 N–H and O–H groups in total. The van der Waals surface area contributed by atoms with Crippen LogP contribution in [0.3, 0.4) is 0 Å². The van der Waals surface area contributed by atoms with Gasteiger partial charge in [0.2, 0.25) is 0 Å². The second kappa shape index (κ2) is 5.75. The smallest absolute Gasteiger partial charge is 0.0165 e. The topological polar surface area (TPSA) is 0 Å². The lowest BCUT2D eigenvalue weighted by Crippen LogP contribution is -2.05. The monoisotopic (exact) mass is 202 g/mol. The van der Waals surface area contributed by atoms with Crippen molar-refractivity contribution in [3.05, 3.63) is 47.6 Å². The Bertz CT molecular complexity index is 313. The van der Waals surface area contributed by atoms with Crippen LogP contribution in [0.15, 0.2) is 47.6 Å². The molecule has 0 radical (unpaired) electrons. The predicted molar refractivity (Wildman–Crippen MR) is 68.8 cm³/mol. The number of hydrogen-bond acceptors (Lipinski definition) is 0. The first kappa shape index (κ1) is 12.0. The van der Waals surface area contributed by atoms with Crippen LogP contribution in [0, 0.1) is 5.92 Å². The zero-order chi connectivity index (χ0) is 11.3. The van der Waals surface area contributed by atoms with E-state index >= 15 is 0 Å². The zero-order valence-corrected chi connectivity index (χ0v) is 10.2. The van der Waals surface area contributed by atoms with Gasteiger partial charge in [-0.05, 0) is 46.0 Å². The standard InChI is InChI=1S/C15H22/c1-12(2)6-5-7-14(4)15-10-8-13(3)9-11-15/h5-8,15H,1,9-11H2,2-4H3/b6-5+,14-7+/t15-/m0/s1. The molecule has 1 aliphatic carbocycles. The molecule has 82 valence electrons. The normalized spacial score (nSPS) is 23.0.